The summed E-state index contributed by atoms with van der Waals surface area (Å²) in [4.78, 5) is 11.6. The Morgan fingerprint density at radius 2 is 1.67 bits per heavy atom. The van der Waals surface area contributed by atoms with Crippen molar-refractivity contribution in [2.45, 2.75) is 41.5 Å². The van der Waals surface area contributed by atoms with Crippen LogP contribution in [0, 0.1) is 11.3 Å². The van der Waals surface area contributed by atoms with Crippen molar-refractivity contribution < 1.29 is 4.79 Å². The summed E-state index contributed by atoms with van der Waals surface area (Å²) in [6.45, 7) is 11.9. The van der Waals surface area contributed by atoms with Gasteiger partial charge in [0.15, 0.2) is 5.78 Å². The standard InChI is InChI=1S/C11H20O/c1-8(2)7-9(3)10(12)11(4,5)6/h7-8H,1-6H3/b9-7+. The second-order valence-electron chi connectivity index (χ2n) is 4.67. The number of ketones is 1. The molecule has 0 radical (unpaired) electrons. The third-order valence-corrected chi connectivity index (χ3v) is 1.62. The summed E-state index contributed by atoms with van der Waals surface area (Å²) >= 11 is 0. The molecule has 0 bridgehead atoms. The highest BCUT2D eigenvalue weighted by Crippen LogP contribution is 2.20. The lowest BCUT2D eigenvalue weighted by Gasteiger charge is -2.17. The van der Waals surface area contributed by atoms with Gasteiger partial charge in [-0.1, -0.05) is 40.7 Å². The highest BCUT2D eigenvalue weighted by Gasteiger charge is 2.22. The second-order valence-corrected chi connectivity index (χ2v) is 4.67. The molecule has 0 heterocycles. The van der Waals surface area contributed by atoms with Gasteiger partial charge in [0.25, 0.3) is 0 Å². The van der Waals surface area contributed by atoms with Crippen molar-refractivity contribution in [1.82, 2.24) is 0 Å². The van der Waals surface area contributed by atoms with Gasteiger partial charge in [0.05, 0.1) is 0 Å². The summed E-state index contributed by atoms with van der Waals surface area (Å²) < 4.78 is 0. The molecule has 0 aliphatic rings. The van der Waals surface area contributed by atoms with Crippen LogP contribution in [0.3, 0.4) is 0 Å². The van der Waals surface area contributed by atoms with E-state index in [1.807, 2.05) is 33.8 Å². The van der Waals surface area contributed by atoms with Gasteiger partial charge in [-0.25, -0.2) is 0 Å². The molecule has 70 valence electrons. The van der Waals surface area contributed by atoms with E-state index in [1.165, 1.54) is 0 Å². The van der Waals surface area contributed by atoms with E-state index in [4.69, 9.17) is 0 Å². The number of rotatable bonds is 2. The van der Waals surface area contributed by atoms with Crippen LogP contribution in [0.4, 0.5) is 0 Å². The topological polar surface area (TPSA) is 17.1 Å². The smallest absolute Gasteiger partial charge is 0.163 e. The van der Waals surface area contributed by atoms with E-state index in [9.17, 15) is 4.79 Å². The fourth-order valence-electron chi connectivity index (χ4n) is 1.17. The average molecular weight is 168 g/mol. The van der Waals surface area contributed by atoms with Gasteiger partial charge in [0.1, 0.15) is 0 Å². The maximum absolute atomic E-state index is 11.6. The maximum atomic E-state index is 11.6. The molecule has 12 heavy (non-hydrogen) atoms. The molecule has 1 heteroatoms. The third kappa shape index (κ3) is 3.70. The van der Waals surface area contributed by atoms with Crippen molar-refractivity contribution in [1.29, 1.82) is 0 Å². The molecule has 0 unspecified atom stereocenters. The monoisotopic (exact) mass is 168 g/mol. The van der Waals surface area contributed by atoms with Gasteiger partial charge >= 0.3 is 0 Å². The normalized spacial score (nSPS) is 13.8. The number of carbonyl (C=O) groups excluding carboxylic acids is 1. The third-order valence-electron chi connectivity index (χ3n) is 1.62. The molecule has 0 aromatic carbocycles. The summed E-state index contributed by atoms with van der Waals surface area (Å²) in [6, 6.07) is 0. The highest BCUT2D eigenvalue weighted by molar-refractivity contribution is 5.98. The fraction of sp³-hybridized carbons (Fsp3) is 0.727. The van der Waals surface area contributed by atoms with E-state index in [0.29, 0.717) is 5.92 Å². The molecule has 0 N–H and O–H groups in total. The quantitative estimate of drug-likeness (QED) is 0.579. The lowest BCUT2D eigenvalue weighted by molar-refractivity contribution is -0.122. The molecule has 0 aromatic rings. The van der Waals surface area contributed by atoms with Gasteiger partial charge in [-0.15, -0.1) is 0 Å². The first-order chi connectivity index (χ1) is 5.25. The van der Waals surface area contributed by atoms with E-state index in [-0.39, 0.29) is 11.2 Å². The number of carbonyl (C=O) groups is 1. The Morgan fingerprint density at radius 1 is 1.25 bits per heavy atom. The van der Waals surface area contributed by atoms with E-state index in [0.717, 1.165) is 5.57 Å². The molecule has 0 spiro atoms. The molecule has 0 saturated heterocycles. The van der Waals surface area contributed by atoms with Gasteiger partial charge in [-0.3, -0.25) is 4.79 Å². The first kappa shape index (κ1) is 11.4. The summed E-state index contributed by atoms with van der Waals surface area (Å²) in [5.74, 6) is 0.701. The molecule has 0 saturated carbocycles. The van der Waals surface area contributed by atoms with Gasteiger partial charge in [0.2, 0.25) is 0 Å². The van der Waals surface area contributed by atoms with Crippen LogP contribution in [-0.2, 0) is 4.79 Å². The number of allylic oxidation sites excluding steroid dienone is 2. The van der Waals surface area contributed by atoms with Crippen LogP contribution < -0.4 is 0 Å². The molecular weight excluding hydrogens is 148 g/mol. The van der Waals surface area contributed by atoms with Crippen molar-refractivity contribution in [3.8, 4) is 0 Å². The van der Waals surface area contributed by atoms with Crippen LogP contribution in [0.1, 0.15) is 41.5 Å². The summed E-state index contributed by atoms with van der Waals surface area (Å²) in [5.41, 5.74) is 0.646. The number of Topliss-reactive ketones (excluding diaryl/α,β-unsaturated/α-hetero) is 1. The summed E-state index contributed by atoms with van der Waals surface area (Å²) in [5, 5.41) is 0. The van der Waals surface area contributed by atoms with Crippen LogP contribution in [0.2, 0.25) is 0 Å². The Bertz CT molecular complexity index is 192. The summed E-state index contributed by atoms with van der Waals surface area (Å²) in [7, 11) is 0. The average Bonchev–Trinajstić information content (AvgIpc) is 1.82. The van der Waals surface area contributed by atoms with Crippen LogP contribution >= 0.6 is 0 Å². The van der Waals surface area contributed by atoms with Crippen LogP contribution in [-0.4, -0.2) is 5.78 Å². The van der Waals surface area contributed by atoms with Crippen LogP contribution in [0.25, 0.3) is 0 Å². The van der Waals surface area contributed by atoms with Crippen LogP contribution in [0.15, 0.2) is 11.6 Å². The Kier molecular flexibility index (Phi) is 3.69. The number of hydrogen-bond donors (Lipinski definition) is 0. The highest BCUT2D eigenvalue weighted by atomic mass is 16.1. The first-order valence-corrected chi connectivity index (χ1v) is 4.48. The first-order valence-electron chi connectivity index (χ1n) is 4.48. The van der Waals surface area contributed by atoms with Crippen molar-refractivity contribution in [2.75, 3.05) is 0 Å². The number of hydrogen-bond acceptors (Lipinski definition) is 1. The minimum atomic E-state index is -0.241. The molecule has 0 rings (SSSR count). The molecule has 0 aliphatic carbocycles. The molecule has 0 fully saturated rings. The Hall–Kier alpha value is -0.590. The minimum absolute atomic E-state index is 0.241. The van der Waals surface area contributed by atoms with Gasteiger partial charge < -0.3 is 0 Å². The largest absolute Gasteiger partial charge is 0.294 e. The van der Waals surface area contributed by atoms with Crippen LogP contribution in [0.5, 0.6) is 0 Å². The van der Waals surface area contributed by atoms with Gasteiger partial charge in [-0.2, -0.15) is 0 Å². The fourth-order valence-corrected chi connectivity index (χ4v) is 1.17. The summed E-state index contributed by atoms with van der Waals surface area (Å²) in [6.07, 6.45) is 2.02. The molecule has 0 aliphatic heterocycles. The van der Waals surface area contributed by atoms with Gasteiger partial charge in [0, 0.05) is 5.41 Å². The lowest BCUT2D eigenvalue weighted by Crippen LogP contribution is -2.21. The second kappa shape index (κ2) is 3.88. The SMILES string of the molecule is C/C(=C\C(C)C)C(=O)C(C)(C)C. The Labute approximate surface area is 75.9 Å². The molecular formula is C11H20O. The van der Waals surface area contributed by atoms with E-state index < -0.39 is 0 Å². The predicted octanol–water partition coefficient (Wildman–Crippen LogP) is 3.20. The maximum Gasteiger partial charge on any atom is 0.163 e. The van der Waals surface area contributed by atoms with Crippen molar-refractivity contribution >= 4 is 5.78 Å². The zero-order chi connectivity index (χ0) is 9.94. The molecule has 1 nitrogen and oxygen atoms in total. The Morgan fingerprint density at radius 3 is 1.92 bits per heavy atom. The Balaban J connectivity index is 4.51. The lowest BCUT2D eigenvalue weighted by atomic mass is 9.86. The predicted molar refractivity (Wildman–Crippen MR) is 53.1 cm³/mol. The van der Waals surface area contributed by atoms with Crippen molar-refractivity contribution in [3.05, 3.63) is 11.6 Å². The van der Waals surface area contributed by atoms with E-state index >= 15 is 0 Å². The minimum Gasteiger partial charge on any atom is -0.294 e. The molecule has 0 amide bonds. The van der Waals surface area contributed by atoms with Crippen molar-refractivity contribution in [3.63, 3.8) is 0 Å². The van der Waals surface area contributed by atoms with Gasteiger partial charge in [-0.05, 0) is 18.4 Å². The molecule has 0 atom stereocenters. The molecule has 0 aromatic heterocycles. The zero-order valence-corrected chi connectivity index (χ0v) is 9.06. The van der Waals surface area contributed by atoms with E-state index in [1.54, 1.807) is 0 Å². The van der Waals surface area contributed by atoms with Crippen molar-refractivity contribution in [2.24, 2.45) is 11.3 Å². The van der Waals surface area contributed by atoms with E-state index in [2.05, 4.69) is 13.8 Å². The zero-order valence-electron chi connectivity index (χ0n) is 9.06.